The molecule has 112 valence electrons. The van der Waals surface area contributed by atoms with Gasteiger partial charge in [0, 0.05) is 11.1 Å². The van der Waals surface area contributed by atoms with Gasteiger partial charge < -0.3 is 10.5 Å². The number of nitrogens with one attached hydrogen (secondary N) is 1. The molecule has 0 aliphatic carbocycles. The SMILES string of the molecule is CCC(C)[C@@H](N)C(=O)N/N=C/C1=Cc2ccccc2OC1. The Morgan fingerprint density at radius 3 is 3.05 bits per heavy atom. The van der Waals surface area contributed by atoms with Gasteiger partial charge in [0.25, 0.3) is 5.91 Å². The van der Waals surface area contributed by atoms with Crippen LogP contribution in [0.1, 0.15) is 25.8 Å². The molecule has 1 unspecified atom stereocenters. The Labute approximate surface area is 124 Å². The van der Waals surface area contributed by atoms with E-state index in [1.54, 1.807) is 6.21 Å². The van der Waals surface area contributed by atoms with E-state index in [1.807, 2.05) is 44.2 Å². The first-order valence-corrected chi connectivity index (χ1v) is 7.12. The molecular weight excluding hydrogens is 266 g/mol. The number of hydrogen-bond acceptors (Lipinski definition) is 4. The molecule has 0 spiro atoms. The third-order valence-corrected chi connectivity index (χ3v) is 3.62. The Morgan fingerprint density at radius 2 is 2.29 bits per heavy atom. The predicted octanol–water partition coefficient (Wildman–Crippen LogP) is 1.94. The summed E-state index contributed by atoms with van der Waals surface area (Å²) in [5.74, 6) is 0.722. The summed E-state index contributed by atoms with van der Waals surface area (Å²) in [6.07, 6.45) is 4.44. The standard InChI is InChI=1S/C16H21N3O2/c1-3-11(2)15(17)16(20)19-18-9-12-8-13-6-4-5-7-14(13)21-10-12/h4-9,11,15H,3,10,17H2,1-2H3,(H,19,20)/b18-9+/t11?,15-/m1/s1. The fraction of sp³-hybridized carbons (Fsp3) is 0.375. The molecule has 1 aromatic rings. The van der Waals surface area contributed by atoms with E-state index >= 15 is 0 Å². The molecule has 21 heavy (non-hydrogen) atoms. The molecule has 1 heterocycles. The number of carbonyl (C=O) groups excluding carboxylic acids is 1. The zero-order valence-corrected chi connectivity index (χ0v) is 12.4. The molecule has 1 aliphatic rings. The highest BCUT2D eigenvalue weighted by molar-refractivity contribution is 5.89. The molecule has 0 aromatic heterocycles. The average molecular weight is 287 g/mol. The molecular formula is C16H21N3O2. The topological polar surface area (TPSA) is 76.7 Å². The summed E-state index contributed by atoms with van der Waals surface area (Å²) in [6, 6.07) is 7.24. The first-order chi connectivity index (χ1) is 10.1. The first-order valence-electron chi connectivity index (χ1n) is 7.12. The maximum atomic E-state index is 11.8. The fourth-order valence-electron chi connectivity index (χ4n) is 1.97. The van der Waals surface area contributed by atoms with Crippen molar-refractivity contribution < 1.29 is 9.53 Å². The molecule has 2 rings (SSSR count). The summed E-state index contributed by atoms with van der Waals surface area (Å²) in [7, 11) is 0. The zero-order valence-electron chi connectivity index (χ0n) is 12.4. The van der Waals surface area contributed by atoms with Crippen molar-refractivity contribution in [3.63, 3.8) is 0 Å². The summed E-state index contributed by atoms with van der Waals surface area (Å²) in [6.45, 7) is 4.39. The maximum absolute atomic E-state index is 11.8. The largest absolute Gasteiger partial charge is 0.488 e. The number of carbonyl (C=O) groups is 1. The maximum Gasteiger partial charge on any atom is 0.257 e. The van der Waals surface area contributed by atoms with E-state index in [4.69, 9.17) is 10.5 Å². The fourth-order valence-corrected chi connectivity index (χ4v) is 1.97. The van der Waals surface area contributed by atoms with E-state index < -0.39 is 6.04 Å². The average Bonchev–Trinajstić information content (AvgIpc) is 2.53. The van der Waals surface area contributed by atoms with E-state index in [0.717, 1.165) is 23.3 Å². The van der Waals surface area contributed by atoms with Crippen LogP contribution in [0.3, 0.4) is 0 Å². The van der Waals surface area contributed by atoms with Gasteiger partial charge >= 0.3 is 0 Å². The number of hydrazone groups is 1. The minimum Gasteiger partial charge on any atom is -0.488 e. The van der Waals surface area contributed by atoms with Crippen molar-refractivity contribution >= 4 is 18.2 Å². The summed E-state index contributed by atoms with van der Waals surface area (Å²) < 4.78 is 5.60. The van der Waals surface area contributed by atoms with Gasteiger partial charge in [-0.3, -0.25) is 4.79 Å². The Balaban J connectivity index is 1.94. The molecule has 0 saturated heterocycles. The molecule has 2 atom stereocenters. The lowest BCUT2D eigenvalue weighted by molar-refractivity contribution is -0.123. The van der Waals surface area contributed by atoms with Crippen LogP contribution in [0.15, 0.2) is 34.9 Å². The monoisotopic (exact) mass is 287 g/mol. The van der Waals surface area contributed by atoms with Gasteiger partial charge in [0.1, 0.15) is 12.4 Å². The van der Waals surface area contributed by atoms with Crippen LogP contribution < -0.4 is 15.9 Å². The number of nitrogens with zero attached hydrogens (tertiary/aromatic N) is 1. The van der Waals surface area contributed by atoms with Crippen LogP contribution in [-0.4, -0.2) is 24.8 Å². The van der Waals surface area contributed by atoms with Crippen LogP contribution in [0, 0.1) is 5.92 Å². The highest BCUT2D eigenvalue weighted by atomic mass is 16.5. The first kappa shape index (κ1) is 15.3. The summed E-state index contributed by atoms with van der Waals surface area (Å²) in [4.78, 5) is 11.8. The van der Waals surface area contributed by atoms with Crippen LogP contribution >= 0.6 is 0 Å². The lowest BCUT2D eigenvalue weighted by Gasteiger charge is -2.16. The lowest BCUT2D eigenvalue weighted by Crippen LogP contribution is -2.42. The van der Waals surface area contributed by atoms with Crippen molar-refractivity contribution in [1.82, 2.24) is 5.43 Å². The number of rotatable bonds is 5. The summed E-state index contributed by atoms with van der Waals surface area (Å²) in [5, 5.41) is 3.95. The van der Waals surface area contributed by atoms with Crippen molar-refractivity contribution in [2.75, 3.05) is 6.61 Å². The van der Waals surface area contributed by atoms with Crippen molar-refractivity contribution in [2.24, 2.45) is 16.8 Å². The van der Waals surface area contributed by atoms with E-state index in [-0.39, 0.29) is 11.8 Å². The second kappa shape index (κ2) is 7.04. The molecule has 0 bridgehead atoms. The summed E-state index contributed by atoms with van der Waals surface area (Å²) >= 11 is 0. The number of hydrogen-bond donors (Lipinski definition) is 2. The quantitative estimate of drug-likeness (QED) is 0.642. The Kier molecular flexibility index (Phi) is 5.11. The Bertz CT molecular complexity index is 566. The van der Waals surface area contributed by atoms with Gasteiger partial charge in [-0.25, -0.2) is 5.43 Å². The smallest absolute Gasteiger partial charge is 0.257 e. The third-order valence-electron chi connectivity index (χ3n) is 3.62. The van der Waals surface area contributed by atoms with Gasteiger partial charge in [0.05, 0.1) is 12.3 Å². The van der Waals surface area contributed by atoms with Crippen LogP contribution in [0.25, 0.3) is 6.08 Å². The number of nitrogens with two attached hydrogens (primary N) is 1. The Morgan fingerprint density at radius 1 is 1.52 bits per heavy atom. The second-order valence-corrected chi connectivity index (χ2v) is 5.19. The van der Waals surface area contributed by atoms with Crippen LogP contribution in [0.4, 0.5) is 0 Å². The molecule has 0 saturated carbocycles. The second-order valence-electron chi connectivity index (χ2n) is 5.19. The number of para-hydroxylation sites is 1. The molecule has 5 nitrogen and oxygen atoms in total. The molecule has 1 amide bonds. The summed E-state index contributed by atoms with van der Waals surface area (Å²) in [5.41, 5.74) is 10.2. The van der Waals surface area contributed by atoms with Crippen molar-refractivity contribution in [3.05, 3.63) is 35.4 Å². The molecule has 0 fully saturated rings. The minimum absolute atomic E-state index is 0.129. The van der Waals surface area contributed by atoms with E-state index in [0.29, 0.717) is 6.61 Å². The molecule has 0 radical (unpaired) electrons. The molecule has 1 aliphatic heterocycles. The van der Waals surface area contributed by atoms with Crippen molar-refractivity contribution in [3.8, 4) is 5.75 Å². The normalized spacial score (nSPS) is 16.6. The van der Waals surface area contributed by atoms with Gasteiger partial charge in [0.2, 0.25) is 0 Å². The molecule has 5 heteroatoms. The van der Waals surface area contributed by atoms with Gasteiger partial charge in [-0.15, -0.1) is 0 Å². The number of ether oxygens (including phenoxy) is 1. The van der Waals surface area contributed by atoms with Gasteiger partial charge in [0.15, 0.2) is 0 Å². The van der Waals surface area contributed by atoms with E-state index in [9.17, 15) is 4.79 Å². The van der Waals surface area contributed by atoms with E-state index in [1.165, 1.54) is 0 Å². The Hall–Kier alpha value is -2.14. The highest BCUT2D eigenvalue weighted by Crippen LogP contribution is 2.24. The van der Waals surface area contributed by atoms with Crippen molar-refractivity contribution in [2.45, 2.75) is 26.3 Å². The number of benzene rings is 1. The molecule has 3 N–H and O–H groups in total. The molecule has 1 aromatic carbocycles. The van der Waals surface area contributed by atoms with Crippen LogP contribution in [0.5, 0.6) is 5.75 Å². The highest BCUT2D eigenvalue weighted by Gasteiger charge is 2.18. The van der Waals surface area contributed by atoms with Gasteiger partial charge in [-0.05, 0) is 18.1 Å². The van der Waals surface area contributed by atoms with E-state index in [2.05, 4.69) is 10.5 Å². The van der Waals surface area contributed by atoms with Crippen LogP contribution in [0.2, 0.25) is 0 Å². The van der Waals surface area contributed by atoms with Gasteiger partial charge in [-0.2, -0.15) is 5.10 Å². The number of fused-ring (bicyclic) bond motifs is 1. The minimum atomic E-state index is -0.538. The number of amides is 1. The van der Waals surface area contributed by atoms with Crippen molar-refractivity contribution in [1.29, 1.82) is 0 Å². The third kappa shape index (κ3) is 3.92. The zero-order chi connectivity index (χ0) is 15.2. The van der Waals surface area contributed by atoms with Gasteiger partial charge in [-0.1, -0.05) is 38.5 Å². The van der Waals surface area contributed by atoms with Crippen LogP contribution in [-0.2, 0) is 4.79 Å². The predicted molar refractivity (Wildman–Crippen MR) is 84.0 cm³/mol. The lowest BCUT2D eigenvalue weighted by atomic mass is 10.00.